The first-order valence-electron chi connectivity index (χ1n) is 7.35. The van der Waals surface area contributed by atoms with E-state index < -0.39 is 30.6 Å². The second-order valence-electron chi connectivity index (χ2n) is 5.69. The molecule has 0 fully saturated rings. The molecule has 6 heteroatoms. The molecule has 0 radical (unpaired) electrons. The Kier molecular flexibility index (Phi) is 5.50. The molecule has 0 aromatic heterocycles. The molecule has 1 atom stereocenters. The monoisotopic (exact) mass is 317 g/mol. The molecule has 23 heavy (non-hydrogen) atoms. The normalized spacial score (nSPS) is 12.1. The van der Waals surface area contributed by atoms with Crippen molar-refractivity contribution in [3.63, 3.8) is 0 Å². The van der Waals surface area contributed by atoms with Gasteiger partial charge >= 0.3 is 12.9 Å². The standard InChI is InChI=1S/C17H18BF2NO2/c1-11(2)16(21)17(22)23-18(12-3-7-14(19)8-4-12)13-5-9-15(20)10-6-13/h3-11,16H,21H2,1-2H3/t16-/m0/s1. The van der Waals surface area contributed by atoms with E-state index in [9.17, 15) is 13.6 Å². The van der Waals surface area contributed by atoms with Gasteiger partial charge in [0.1, 0.15) is 17.7 Å². The number of rotatable bonds is 5. The third-order valence-corrected chi connectivity index (χ3v) is 3.57. The molecule has 2 rings (SSSR count). The molecular formula is C17H18BF2NO2. The van der Waals surface area contributed by atoms with Gasteiger partial charge in [0.15, 0.2) is 0 Å². The fourth-order valence-electron chi connectivity index (χ4n) is 2.07. The van der Waals surface area contributed by atoms with Gasteiger partial charge in [-0.3, -0.25) is 4.79 Å². The molecule has 0 aliphatic carbocycles. The van der Waals surface area contributed by atoms with Gasteiger partial charge in [-0.1, -0.05) is 38.1 Å². The Morgan fingerprint density at radius 2 is 1.35 bits per heavy atom. The predicted octanol–water partition coefficient (Wildman–Crippen LogP) is 1.60. The van der Waals surface area contributed by atoms with Gasteiger partial charge in [0.25, 0.3) is 0 Å². The molecule has 2 aromatic carbocycles. The minimum absolute atomic E-state index is 0.0791. The van der Waals surface area contributed by atoms with Gasteiger partial charge in [-0.05, 0) is 41.1 Å². The SMILES string of the molecule is CC(C)[C@H](N)C(=O)OB(c1ccc(F)cc1)c1ccc(F)cc1. The van der Waals surface area contributed by atoms with Crippen molar-refractivity contribution in [3.8, 4) is 0 Å². The first-order valence-corrected chi connectivity index (χ1v) is 7.35. The summed E-state index contributed by atoms with van der Waals surface area (Å²) in [6, 6.07) is 10.5. The van der Waals surface area contributed by atoms with Crippen LogP contribution >= 0.6 is 0 Å². The van der Waals surface area contributed by atoms with Gasteiger partial charge in [0, 0.05) is 0 Å². The second kappa shape index (κ2) is 7.37. The van der Waals surface area contributed by atoms with E-state index in [0.717, 1.165) is 0 Å². The van der Waals surface area contributed by atoms with Crippen LogP contribution < -0.4 is 16.7 Å². The average Bonchev–Trinajstić information content (AvgIpc) is 2.53. The van der Waals surface area contributed by atoms with E-state index in [1.54, 1.807) is 0 Å². The molecule has 0 unspecified atom stereocenters. The van der Waals surface area contributed by atoms with E-state index in [4.69, 9.17) is 10.4 Å². The van der Waals surface area contributed by atoms with Gasteiger partial charge in [0.2, 0.25) is 0 Å². The first kappa shape index (κ1) is 17.2. The quantitative estimate of drug-likeness (QED) is 0.852. The highest BCUT2D eigenvalue weighted by Crippen LogP contribution is 2.04. The van der Waals surface area contributed by atoms with Gasteiger partial charge in [-0.2, -0.15) is 0 Å². The molecule has 0 aliphatic heterocycles. The van der Waals surface area contributed by atoms with Crippen molar-refractivity contribution < 1.29 is 18.2 Å². The first-order chi connectivity index (χ1) is 10.9. The Bertz CT molecular complexity index is 614. The highest BCUT2D eigenvalue weighted by Gasteiger charge is 2.29. The molecule has 2 aromatic rings. The number of benzene rings is 2. The summed E-state index contributed by atoms with van der Waals surface area (Å²) in [5, 5.41) is 0. The van der Waals surface area contributed by atoms with Crippen LogP contribution in [0.1, 0.15) is 13.8 Å². The largest absolute Gasteiger partial charge is 0.525 e. The van der Waals surface area contributed by atoms with Crippen molar-refractivity contribution in [2.75, 3.05) is 0 Å². The molecule has 0 saturated carbocycles. The molecule has 120 valence electrons. The zero-order valence-corrected chi connectivity index (χ0v) is 13.0. The summed E-state index contributed by atoms with van der Waals surface area (Å²) in [5.41, 5.74) is 6.99. The van der Waals surface area contributed by atoms with E-state index in [-0.39, 0.29) is 5.92 Å². The Morgan fingerprint density at radius 1 is 0.957 bits per heavy atom. The van der Waals surface area contributed by atoms with E-state index in [0.29, 0.717) is 10.9 Å². The van der Waals surface area contributed by atoms with E-state index in [1.807, 2.05) is 13.8 Å². The molecule has 0 heterocycles. The molecule has 0 bridgehead atoms. The zero-order valence-electron chi connectivity index (χ0n) is 13.0. The van der Waals surface area contributed by atoms with Crippen LogP contribution in [0.2, 0.25) is 0 Å². The smallest absolute Gasteiger partial charge is 0.429 e. The summed E-state index contributed by atoms with van der Waals surface area (Å²) in [7, 11) is 0. The summed E-state index contributed by atoms with van der Waals surface area (Å²) in [4.78, 5) is 12.2. The molecule has 0 saturated heterocycles. The van der Waals surface area contributed by atoms with Crippen LogP contribution in [0.4, 0.5) is 8.78 Å². The van der Waals surface area contributed by atoms with E-state index >= 15 is 0 Å². The summed E-state index contributed by atoms with van der Waals surface area (Å²) >= 11 is 0. The Morgan fingerprint density at radius 3 is 1.70 bits per heavy atom. The van der Waals surface area contributed by atoms with Crippen LogP contribution in [-0.2, 0) is 9.45 Å². The van der Waals surface area contributed by atoms with Gasteiger partial charge < -0.3 is 10.4 Å². The molecule has 3 nitrogen and oxygen atoms in total. The zero-order chi connectivity index (χ0) is 17.0. The highest BCUT2D eigenvalue weighted by atomic mass is 19.1. The number of carbonyl (C=O) groups excluding carboxylic acids is 1. The fraction of sp³-hybridized carbons (Fsp3) is 0.235. The van der Waals surface area contributed by atoms with Gasteiger partial charge in [-0.25, -0.2) is 8.78 Å². The fourth-order valence-corrected chi connectivity index (χ4v) is 2.07. The second-order valence-corrected chi connectivity index (χ2v) is 5.69. The van der Waals surface area contributed by atoms with Crippen LogP contribution in [0.15, 0.2) is 48.5 Å². The predicted molar refractivity (Wildman–Crippen MR) is 86.7 cm³/mol. The van der Waals surface area contributed by atoms with Crippen LogP contribution in [-0.4, -0.2) is 18.9 Å². The van der Waals surface area contributed by atoms with Crippen LogP contribution in [0.5, 0.6) is 0 Å². The van der Waals surface area contributed by atoms with Gasteiger partial charge in [-0.15, -0.1) is 0 Å². The number of hydrogen-bond acceptors (Lipinski definition) is 3. The maximum atomic E-state index is 13.1. The lowest BCUT2D eigenvalue weighted by atomic mass is 9.55. The van der Waals surface area contributed by atoms with Gasteiger partial charge in [0.05, 0.1) is 0 Å². The summed E-state index contributed by atoms with van der Waals surface area (Å²) in [6.45, 7) is 2.86. The number of hydrogen-bond donors (Lipinski definition) is 1. The van der Waals surface area contributed by atoms with Crippen LogP contribution in [0, 0.1) is 17.6 Å². The molecule has 2 N–H and O–H groups in total. The summed E-state index contributed by atoms with van der Waals surface area (Å²) in [5.74, 6) is -1.42. The minimum Gasteiger partial charge on any atom is -0.525 e. The molecule has 0 aliphatic rings. The average molecular weight is 317 g/mol. The number of nitrogens with two attached hydrogens (primary N) is 1. The lowest BCUT2D eigenvalue weighted by Crippen LogP contribution is -2.50. The van der Waals surface area contributed by atoms with E-state index in [1.165, 1.54) is 48.5 Å². The number of halogens is 2. The van der Waals surface area contributed by atoms with Crippen LogP contribution in [0.3, 0.4) is 0 Å². The lowest BCUT2D eigenvalue weighted by Gasteiger charge is -2.20. The number of carbonyl (C=O) groups is 1. The Hall–Kier alpha value is -2.21. The topological polar surface area (TPSA) is 52.3 Å². The highest BCUT2D eigenvalue weighted by molar-refractivity contribution is 6.81. The van der Waals surface area contributed by atoms with Crippen molar-refractivity contribution >= 4 is 23.8 Å². The third-order valence-electron chi connectivity index (χ3n) is 3.57. The van der Waals surface area contributed by atoms with Crippen molar-refractivity contribution in [1.82, 2.24) is 0 Å². The van der Waals surface area contributed by atoms with Crippen molar-refractivity contribution in [3.05, 3.63) is 60.2 Å². The molecular weight excluding hydrogens is 299 g/mol. The maximum absolute atomic E-state index is 13.1. The molecule has 0 spiro atoms. The van der Waals surface area contributed by atoms with E-state index in [2.05, 4.69) is 0 Å². The Labute approximate surface area is 134 Å². The van der Waals surface area contributed by atoms with Crippen molar-refractivity contribution in [2.45, 2.75) is 19.9 Å². The minimum atomic E-state index is -0.770. The third kappa shape index (κ3) is 4.39. The van der Waals surface area contributed by atoms with Crippen LogP contribution in [0.25, 0.3) is 0 Å². The summed E-state index contributed by atoms with van der Waals surface area (Å²) in [6.07, 6.45) is 0. The lowest BCUT2D eigenvalue weighted by molar-refractivity contribution is -0.136. The molecule has 0 amide bonds. The van der Waals surface area contributed by atoms with Crippen molar-refractivity contribution in [1.29, 1.82) is 0 Å². The maximum Gasteiger partial charge on any atom is 0.429 e. The van der Waals surface area contributed by atoms with Crippen molar-refractivity contribution in [2.24, 2.45) is 11.7 Å². The Balaban J connectivity index is 2.33. The summed E-state index contributed by atoms with van der Waals surface area (Å²) < 4.78 is 31.8.